The van der Waals surface area contributed by atoms with Gasteiger partial charge in [-0.3, -0.25) is 0 Å². The Balaban J connectivity index is 1.58. The zero-order valence-corrected chi connectivity index (χ0v) is 15.1. The molecule has 4 nitrogen and oxygen atoms in total. The smallest absolute Gasteiger partial charge is 0.122 e. The van der Waals surface area contributed by atoms with Crippen LogP contribution in [0.2, 0.25) is 0 Å². The fourth-order valence-corrected chi connectivity index (χ4v) is 3.11. The molecule has 0 aromatic heterocycles. The standard InChI is InChI=1S/C21H27NO3/c1-22-12-13-24-20(15-22)16-25-21-9-4-3-7-18(21)11-10-17-6-5-8-19(14-17)23-2/h3-9,14,20H,10-13,15-16H2,1-2H3. The number of para-hydroxylation sites is 1. The van der Waals surface area contributed by atoms with Crippen LogP contribution in [0, 0.1) is 0 Å². The maximum absolute atomic E-state index is 6.08. The molecule has 1 fully saturated rings. The van der Waals surface area contributed by atoms with E-state index in [0.717, 1.165) is 44.0 Å². The van der Waals surface area contributed by atoms with Crippen molar-refractivity contribution in [2.24, 2.45) is 0 Å². The van der Waals surface area contributed by atoms with Crippen LogP contribution in [0.25, 0.3) is 0 Å². The summed E-state index contributed by atoms with van der Waals surface area (Å²) in [6.45, 7) is 3.29. The van der Waals surface area contributed by atoms with E-state index in [-0.39, 0.29) is 6.10 Å². The van der Waals surface area contributed by atoms with Gasteiger partial charge in [0.15, 0.2) is 0 Å². The molecule has 1 heterocycles. The Bertz CT molecular complexity index is 674. The number of hydrogen-bond donors (Lipinski definition) is 0. The predicted octanol–water partition coefficient (Wildman–Crippen LogP) is 3.19. The SMILES string of the molecule is COc1cccc(CCc2ccccc2OCC2CN(C)CCO2)c1. The van der Waals surface area contributed by atoms with Crippen molar-refractivity contribution in [1.29, 1.82) is 0 Å². The molecule has 0 saturated carbocycles. The molecule has 3 rings (SSSR count). The minimum atomic E-state index is 0.144. The van der Waals surface area contributed by atoms with Crippen LogP contribution in [0.15, 0.2) is 48.5 Å². The number of aryl methyl sites for hydroxylation is 2. The number of ether oxygens (including phenoxy) is 3. The van der Waals surface area contributed by atoms with Gasteiger partial charge in [-0.2, -0.15) is 0 Å². The molecule has 25 heavy (non-hydrogen) atoms. The maximum Gasteiger partial charge on any atom is 0.122 e. The fourth-order valence-electron chi connectivity index (χ4n) is 3.11. The summed E-state index contributed by atoms with van der Waals surface area (Å²) in [5.74, 6) is 1.86. The number of morpholine rings is 1. The summed E-state index contributed by atoms with van der Waals surface area (Å²) in [6, 6.07) is 16.5. The van der Waals surface area contributed by atoms with Gasteiger partial charge in [-0.25, -0.2) is 0 Å². The van der Waals surface area contributed by atoms with Crippen LogP contribution in [0.3, 0.4) is 0 Å². The first-order valence-corrected chi connectivity index (χ1v) is 8.88. The number of nitrogens with zero attached hydrogens (tertiary/aromatic N) is 1. The van der Waals surface area contributed by atoms with Crippen molar-refractivity contribution >= 4 is 0 Å². The molecular weight excluding hydrogens is 314 g/mol. The zero-order valence-electron chi connectivity index (χ0n) is 15.1. The highest BCUT2D eigenvalue weighted by Crippen LogP contribution is 2.22. The summed E-state index contributed by atoms with van der Waals surface area (Å²) in [7, 11) is 3.82. The van der Waals surface area contributed by atoms with E-state index in [0.29, 0.717) is 6.61 Å². The van der Waals surface area contributed by atoms with E-state index >= 15 is 0 Å². The van der Waals surface area contributed by atoms with Gasteiger partial charge in [0.25, 0.3) is 0 Å². The van der Waals surface area contributed by atoms with E-state index in [1.807, 2.05) is 24.3 Å². The molecule has 0 N–H and O–H groups in total. The second-order valence-electron chi connectivity index (χ2n) is 6.53. The third kappa shape index (κ3) is 5.21. The third-order valence-electron chi connectivity index (χ3n) is 4.56. The van der Waals surface area contributed by atoms with Gasteiger partial charge in [0.1, 0.15) is 24.2 Å². The quantitative estimate of drug-likeness (QED) is 0.774. The molecule has 2 aromatic carbocycles. The van der Waals surface area contributed by atoms with Gasteiger partial charge in [0.05, 0.1) is 13.7 Å². The highest BCUT2D eigenvalue weighted by Gasteiger charge is 2.18. The normalized spacial score (nSPS) is 18.1. The van der Waals surface area contributed by atoms with Crippen molar-refractivity contribution in [3.8, 4) is 11.5 Å². The second-order valence-corrected chi connectivity index (χ2v) is 6.53. The molecule has 2 aromatic rings. The highest BCUT2D eigenvalue weighted by molar-refractivity contribution is 5.35. The monoisotopic (exact) mass is 341 g/mol. The van der Waals surface area contributed by atoms with Crippen molar-refractivity contribution in [1.82, 2.24) is 4.90 Å². The average Bonchev–Trinajstić information content (AvgIpc) is 2.65. The number of benzene rings is 2. The average molecular weight is 341 g/mol. The van der Waals surface area contributed by atoms with E-state index in [2.05, 4.69) is 36.2 Å². The lowest BCUT2D eigenvalue weighted by molar-refractivity contribution is -0.0404. The first kappa shape index (κ1) is 17.8. The van der Waals surface area contributed by atoms with Gasteiger partial charge >= 0.3 is 0 Å². The molecular formula is C21H27NO3. The Kier molecular flexibility index (Phi) is 6.31. The lowest BCUT2D eigenvalue weighted by Crippen LogP contribution is -2.42. The number of hydrogen-bond acceptors (Lipinski definition) is 4. The predicted molar refractivity (Wildman–Crippen MR) is 99.6 cm³/mol. The Morgan fingerprint density at radius 3 is 2.84 bits per heavy atom. The van der Waals surface area contributed by atoms with Gasteiger partial charge in [-0.15, -0.1) is 0 Å². The topological polar surface area (TPSA) is 30.9 Å². The van der Waals surface area contributed by atoms with Crippen LogP contribution in [0.5, 0.6) is 11.5 Å². The van der Waals surface area contributed by atoms with Crippen LogP contribution >= 0.6 is 0 Å². The number of rotatable bonds is 7. The number of likely N-dealkylation sites (N-methyl/N-ethyl adjacent to an activating group) is 1. The van der Waals surface area contributed by atoms with Crippen molar-refractivity contribution in [3.05, 3.63) is 59.7 Å². The van der Waals surface area contributed by atoms with Gasteiger partial charge in [0.2, 0.25) is 0 Å². The first-order valence-electron chi connectivity index (χ1n) is 8.88. The molecule has 1 unspecified atom stereocenters. The summed E-state index contributed by atoms with van der Waals surface area (Å²) < 4.78 is 17.2. The molecule has 1 atom stereocenters. The Labute approximate surface area is 150 Å². The molecule has 1 saturated heterocycles. The molecule has 4 heteroatoms. The molecule has 0 aliphatic carbocycles. The van der Waals surface area contributed by atoms with Crippen molar-refractivity contribution in [3.63, 3.8) is 0 Å². The van der Waals surface area contributed by atoms with E-state index < -0.39 is 0 Å². The molecule has 0 bridgehead atoms. The number of methoxy groups -OCH3 is 1. The maximum atomic E-state index is 6.08. The minimum Gasteiger partial charge on any atom is -0.497 e. The van der Waals surface area contributed by atoms with Crippen LogP contribution in [-0.2, 0) is 17.6 Å². The van der Waals surface area contributed by atoms with Gasteiger partial charge in [-0.1, -0.05) is 30.3 Å². The highest BCUT2D eigenvalue weighted by atomic mass is 16.5. The lowest BCUT2D eigenvalue weighted by atomic mass is 10.0. The molecule has 1 aliphatic rings. The largest absolute Gasteiger partial charge is 0.497 e. The van der Waals surface area contributed by atoms with Crippen LogP contribution in [0.4, 0.5) is 0 Å². The Morgan fingerprint density at radius 2 is 2.00 bits per heavy atom. The second kappa shape index (κ2) is 8.88. The van der Waals surface area contributed by atoms with E-state index in [1.165, 1.54) is 11.1 Å². The lowest BCUT2D eigenvalue weighted by Gasteiger charge is -2.30. The molecule has 134 valence electrons. The summed E-state index contributed by atoms with van der Waals surface area (Å²) in [6.07, 6.45) is 2.04. The van der Waals surface area contributed by atoms with Crippen molar-refractivity contribution in [2.75, 3.05) is 40.5 Å². The zero-order chi connectivity index (χ0) is 17.5. The van der Waals surface area contributed by atoms with Crippen LogP contribution in [-0.4, -0.2) is 51.5 Å². The summed E-state index contributed by atoms with van der Waals surface area (Å²) in [4.78, 5) is 2.28. The third-order valence-corrected chi connectivity index (χ3v) is 4.56. The van der Waals surface area contributed by atoms with Gasteiger partial charge in [0, 0.05) is 13.1 Å². The van der Waals surface area contributed by atoms with Gasteiger partial charge in [-0.05, 0) is 49.2 Å². The first-order chi connectivity index (χ1) is 12.2. The fraction of sp³-hybridized carbons (Fsp3) is 0.429. The van der Waals surface area contributed by atoms with E-state index in [4.69, 9.17) is 14.2 Å². The summed E-state index contributed by atoms with van der Waals surface area (Å²) >= 11 is 0. The molecule has 0 radical (unpaired) electrons. The van der Waals surface area contributed by atoms with E-state index in [1.54, 1.807) is 7.11 Å². The Morgan fingerprint density at radius 1 is 1.12 bits per heavy atom. The minimum absolute atomic E-state index is 0.144. The Hall–Kier alpha value is -2.04. The molecule has 0 spiro atoms. The van der Waals surface area contributed by atoms with Gasteiger partial charge < -0.3 is 19.1 Å². The van der Waals surface area contributed by atoms with Crippen molar-refractivity contribution in [2.45, 2.75) is 18.9 Å². The molecule has 0 amide bonds. The van der Waals surface area contributed by atoms with E-state index in [9.17, 15) is 0 Å². The van der Waals surface area contributed by atoms with Crippen molar-refractivity contribution < 1.29 is 14.2 Å². The van der Waals surface area contributed by atoms with Crippen LogP contribution in [0.1, 0.15) is 11.1 Å². The summed E-state index contributed by atoms with van der Waals surface area (Å²) in [5, 5.41) is 0. The van der Waals surface area contributed by atoms with Crippen LogP contribution < -0.4 is 9.47 Å². The summed E-state index contributed by atoms with van der Waals surface area (Å²) in [5.41, 5.74) is 2.50. The molecule has 1 aliphatic heterocycles.